The summed E-state index contributed by atoms with van der Waals surface area (Å²) in [6.45, 7) is 3.99. The van der Waals surface area contributed by atoms with E-state index >= 15 is 0 Å². The van der Waals surface area contributed by atoms with Gasteiger partial charge >= 0.3 is 0 Å². The molecule has 0 saturated heterocycles. The molecule has 0 radical (unpaired) electrons. The van der Waals surface area contributed by atoms with E-state index in [1.54, 1.807) is 0 Å². The minimum Gasteiger partial charge on any atom is -0.491 e. The summed E-state index contributed by atoms with van der Waals surface area (Å²) in [7, 11) is 0. The highest BCUT2D eigenvalue weighted by molar-refractivity contribution is 6.32. The van der Waals surface area contributed by atoms with E-state index in [1.807, 2.05) is 32.0 Å². The molecule has 1 saturated carbocycles. The summed E-state index contributed by atoms with van der Waals surface area (Å²) in [5, 5.41) is 0.651. The third kappa shape index (κ3) is 3.03. The molecule has 1 aliphatic carbocycles. The highest BCUT2D eigenvalue weighted by Crippen LogP contribution is 2.34. The van der Waals surface area contributed by atoms with Gasteiger partial charge in [-0.1, -0.05) is 11.6 Å². The maximum Gasteiger partial charge on any atom is 0.141 e. The Hall–Kier alpha value is -0.890. The maximum atomic E-state index is 6.02. The summed E-state index contributed by atoms with van der Waals surface area (Å²) in [4.78, 5) is 0. The van der Waals surface area contributed by atoms with Gasteiger partial charge in [0, 0.05) is 6.07 Å². The molecule has 2 rings (SSSR count). The number of hydrogen-bond donors (Lipinski definition) is 0. The van der Waals surface area contributed by atoms with Crippen molar-refractivity contribution < 1.29 is 9.47 Å². The molecular formula is C12H15ClO2. The summed E-state index contributed by atoms with van der Waals surface area (Å²) < 4.78 is 11.2. The Balaban J connectivity index is 2.12. The monoisotopic (exact) mass is 226 g/mol. The van der Waals surface area contributed by atoms with Crippen LogP contribution in [0.4, 0.5) is 0 Å². The van der Waals surface area contributed by atoms with Crippen LogP contribution in [0.2, 0.25) is 5.02 Å². The fourth-order valence-electron chi connectivity index (χ4n) is 1.28. The average Bonchev–Trinajstić information content (AvgIpc) is 2.94. The van der Waals surface area contributed by atoms with Crippen LogP contribution in [0.25, 0.3) is 0 Å². The normalized spacial score (nSPS) is 15.5. The van der Waals surface area contributed by atoms with E-state index in [1.165, 1.54) is 0 Å². The molecule has 0 heterocycles. The molecule has 3 heteroatoms. The molecule has 0 atom stereocenters. The summed E-state index contributed by atoms with van der Waals surface area (Å²) in [5.74, 6) is 1.54. The van der Waals surface area contributed by atoms with Crippen molar-refractivity contribution in [3.05, 3.63) is 23.2 Å². The lowest BCUT2D eigenvalue weighted by atomic mass is 10.3. The molecule has 0 amide bonds. The van der Waals surface area contributed by atoms with Crippen molar-refractivity contribution >= 4 is 11.6 Å². The third-order valence-electron chi connectivity index (χ3n) is 2.09. The van der Waals surface area contributed by atoms with Gasteiger partial charge in [-0.15, -0.1) is 0 Å². The Morgan fingerprint density at radius 2 is 2.07 bits per heavy atom. The Kier molecular flexibility index (Phi) is 3.06. The molecule has 0 bridgehead atoms. The van der Waals surface area contributed by atoms with Gasteiger partial charge in [-0.25, -0.2) is 0 Å². The predicted octanol–water partition coefficient (Wildman–Crippen LogP) is 3.67. The Morgan fingerprint density at radius 1 is 1.33 bits per heavy atom. The van der Waals surface area contributed by atoms with E-state index in [4.69, 9.17) is 21.1 Å². The minimum absolute atomic E-state index is 0.167. The first-order valence-corrected chi connectivity index (χ1v) is 5.66. The van der Waals surface area contributed by atoms with Crippen molar-refractivity contribution in [1.29, 1.82) is 0 Å². The maximum absolute atomic E-state index is 6.02. The predicted molar refractivity (Wildman–Crippen MR) is 60.9 cm³/mol. The van der Waals surface area contributed by atoms with Gasteiger partial charge in [-0.3, -0.25) is 0 Å². The Labute approximate surface area is 95.1 Å². The van der Waals surface area contributed by atoms with E-state index < -0.39 is 0 Å². The van der Waals surface area contributed by atoms with Gasteiger partial charge in [-0.2, -0.15) is 0 Å². The second-order valence-electron chi connectivity index (χ2n) is 4.08. The molecule has 15 heavy (non-hydrogen) atoms. The van der Waals surface area contributed by atoms with Crippen molar-refractivity contribution in [3.8, 4) is 11.5 Å². The molecule has 1 aliphatic rings. The first kappa shape index (κ1) is 10.6. The van der Waals surface area contributed by atoms with E-state index in [0.717, 1.165) is 24.3 Å². The third-order valence-corrected chi connectivity index (χ3v) is 2.40. The quantitative estimate of drug-likeness (QED) is 0.780. The van der Waals surface area contributed by atoms with Gasteiger partial charge in [0.15, 0.2) is 0 Å². The summed E-state index contributed by atoms with van der Waals surface area (Å²) in [6, 6.07) is 5.54. The summed E-state index contributed by atoms with van der Waals surface area (Å²) in [5.41, 5.74) is 0. The Bertz CT molecular complexity index is 345. The zero-order valence-corrected chi connectivity index (χ0v) is 9.75. The van der Waals surface area contributed by atoms with E-state index in [2.05, 4.69) is 0 Å². The molecule has 1 aromatic rings. The average molecular weight is 227 g/mol. The topological polar surface area (TPSA) is 18.5 Å². The molecule has 0 aromatic heterocycles. The van der Waals surface area contributed by atoms with Gasteiger partial charge in [0.2, 0.25) is 0 Å². The van der Waals surface area contributed by atoms with Crippen LogP contribution in [0.3, 0.4) is 0 Å². The van der Waals surface area contributed by atoms with Crippen molar-refractivity contribution in [2.24, 2.45) is 0 Å². The number of ether oxygens (including phenoxy) is 2. The molecule has 0 aliphatic heterocycles. The number of benzene rings is 1. The first-order chi connectivity index (χ1) is 7.15. The van der Waals surface area contributed by atoms with Crippen molar-refractivity contribution in [3.63, 3.8) is 0 Å². The molecule has 1 fully saturated rings. The van der Waals surface area contributed by atoms with Crippen molar-refractivity contribution in [2.75, 3.05) is 0 Å². The van der Waals surface area contributed by atoms with Gasteiger partial charge in [0.25, 0.3) is 0 Å². The van der Waals surface area contributed by atoms with Crippen molar-refractivity contribution in [2.45, 2.75) is 38.9 Å². The van der Waals surface area contributed by atoms with E-state index in [9.17, 15) is 0 Å². The van der Waals surface area contributed by atoms with Gasteiger partial charge in [0.05, 0.1) is 17.2 Å². The van der Waals surface area contributed by atoms with E-state index in [0.29, 0.717) is 11.1 Å². The zero-order chi connectivity index (χ0) is 10.8. The Morgan fingerprint density at radius 3 is 2.67 bits per heavy atom. The lowest BCUT2D eigenvalue weighted by Gasteiger charge is -2.12. The van der Waals surface area contributed by atoms with Crippen LogP contribution in [0.1, 0.15) is 26.7 Å². The second-order valence-corrected chi connectivity index (χ2v) is 4.48. The number of halogens is 1. The van der Waals surface area contributed by atoms with Crippen molar-refractivity contribution in [1.82, 2.24) is 0 Å². The molecule has 0 spiro atoms. The van der Waals surface area contributed by atoms with Crippen LogP contribution in [-0.2, 0) is 0 Å². The largest absolute Gasteiger partial charge is 0.491 e. The zero-order valence-electron chi connectivity index (χ0n) is 9.00. The van der Waals surface area contributed by atoms with Gasteiger partial charge in [0.1, 0.15) is 11.5 Å². The molecule has 82 valence electrons. The van der Waals surface area contributed by atoms with Crippen LogP contribution in [0, 0.1) is 0 Å². The van der Waals surface area contributed by atoms with Crippen LogP contribution in [0.5, 0.6) is 11.5 Å². The first-order valence-electron chi connectivity index (χ1n) is 5.28. The number of rotatable bonds is 4. The summed E-state index contributed by atoms with van der Waals surface area (Å²) in [6.07, 6.45) is 2.79. The highest BCUT2D eigenvalue weighted by atomic mass is 35.5. The molecule has 1 aromatic carbocycles. The van der Waals surface area contributed by atoms with Gasteiger partial charge < -0.3 is 9.47 Å². The fraction of sp³-hybridized carbons (Fsp3) is 0.500. The lowest BCUT2D eigenvalue weighted by Crippen LogP contribution is -2.06. The molecule has 0 N–H and O–H groups in total. The summed E-state index contributed by atoms with van der Waals surface area (Å²) >= 11 is 6.02. The fourth-order valence-corrected chi connectivity index (χ4v) is 1.45. The van der Waals surface area contributed by atoms with Crippen LogP contribution in [-0.4, -0.2) is 12.2 Å². The second kappa shape index (κ2) is 4.31. The highest BCUT2D eigenvalue weighted by Gasteiger charge is 2.24. The van der Waals surface area contributed by atoms with Crippen LogP contribution >= 0.6 is 11.6 Å². The molecular weight excluding hydrogens is 212 g/mol. The molecule has 0 unspecified atom stereocenters. The SMILES string of the molecule is CC(C)Oc1ccc(Cl)c(OC2CC2)c1. The lowest BCUT2D eigenvalue weighted by molar-refractivity contribution is 0.239. The van der Waals surface area contributed by atoms with E-state index in [-0.39, 0.29) is 6.10 Å². The van der Waals surface area contributed by atoms with Crippen LogP contribution < -0.4 is 9.47 Å². The molecule has 2 nitrogen and oxygen atoms in total. The minimum atomic E-state index is 0.167. The van der Waals surface area contributed by atoms with Gasteiger partial charge in [-0.05, 0) is 38.8 Å². The smallest absolute Gasteiger partial charge is 0.141 e. The van der Waals surface area contributed by atoms with Crippen LogP contribution in [0.15, 0.2) is 18.2 Å². The standard InChI is InChI=1S/C12H15ClO2/c1-8(2)14-10-5-6-11(13)12(7-10)15-9-3-4-9/h5-9H,3-4H2,1-2H3. The number of hydrogen-bond acceptors (Lipinski definition) is 2.